The number of hydrogen-bond acceptors (Lipinski definition) is 1. The summed E-state index contributed by atoms with van der Waals surface area (Å²) in [5.41, 5.74) is 5.90. The van der Waals surface area contributed by atoms with Crippen molar-refractivity contribution in [3.63, 3.8) is 0 Å². The summed E-state index contributed by atoms with van der Waals surface area (Å²) in [6.07, 6.45) is 1.92. The Hall–Kier alpha value is -1.83. The fraction of sp³-hybridized carbons (Fsp3) is 0.267. The molecular weight excluding hydrogens is 208 g/mol. The first-order valence-corrected chi connectivity index (χ1v) is 5.81. The number of aryl methyl sites for hydroxylation is 3. The molecule has 0 aliphatic heterocycles. The van der Waals surface area contributed by atoms with Gasteiger partial charge < -0.3 is 4.57 Å². The minimum absolute atomic E-state index is 1.04. The lowest BCUT2D eigenvalue weighted by Crippen LogP contribution is -1.96. The van der Waals surface area contributed by atoms with Crippen LogP contribution in [0.2, 0.25) is 0 Å². The Morgan fingerprint density at radius 2 is 1.82 bits per heavy atom. The highest BCUT2D eigenvalue weighted by Gasteiger charge is 1.99. The van der Waals surface area contributed by atoms with Gasteiger partial charge in [0, 0.05) is 12.7 Å². The average molecular weight is 226 g/mol. The van der Waals surface area contributed by atoms with Crippen LogP contribution in [0, 0.1) is 20.8 Å². The minimum Gasteiger partial charge on any atom is -0.347 e. The highest BCUT2D eigenvalue weighted by Crippen LogP contribution is 2.19. The molecular formula is C15H18N2. The van der Waals surface area contributed by atoms with E-state index in [2.05, 4.69) is 67.7 Å². The van der Waals surface area contributed by atoms with Crippen LogP contribution in [0.3, 0.4) is 0 Å². The summed E-state index contributed by atoms with van der Waals surface area (Å²) in [7, 11) is 2.05. The third-order valence-electron chi connectivity index (χ3n) is 3.10. The zero-order chi connectivity index (χ0) is 12.4. The minimum atomic E-state index is 1.04. The number of rotatable bonds is 2. The van der Waals surface area contributed by atoms with Gasteiger partial charge in [-0.2, -0.15) is 0 Å². The lowest BCUT2D eigenvalue weighted by Gasteiger charge is -2.02. The Balaban J connectivity index is 2.29. The summed E-state index contributed by atoms with van der Waals surface area (Å²) in [6, 6.07) is 10.5. The fourth-order valence-corrected chi connectivity index (χ4v) is 1.85. The van der Waals surface area contributed by atoms with E-state index in [0.717, 1.165) is 11.4 Å². The van der Waals surface area contributed by atoms with Crippen molar-refractivity contribution in [1.29, 1.82) is 0 Å². The van der Waals surface area contributed by atoms with E-state index in [1.165, 1.54) is 16.8 Å². The van der Waals surface area contributed by atoms with Gasteiger partial charge in [-0.3, -0.25) is 4.99 Å². The van der Waals surface area contributed by atoms with Gasteiger partial charge in [0.2, 0.25) is 0 Å². The quantitative estimate of drug-likeness (QED) is 0.695. The molecule has 0 saturated heterocycles. The molecule has 2 nitrogen and oxygen atoms in total. The number of hydrogen-bond donors (Lipinski definition) is 0. The van der Waals surface area contributed by atoms with Gasteiger partial charge in [0.15, 0.2) is 0 Å². The molecule has 0 saturated carbocycles. The van der Waals surface area contributed by atoms with Gasteiger partial charge in [0.05, 0.1) is 17.6 Å². The number of nitrogens with zero attached hydrogens (tertiary/aromatic N) is 2. The van der Waals surface area contributed by atoms with E-state index in [9.17, 15) is 0 Å². The van der Waals surface area contributed by atoms with Gasteiger partial charge in [-0.25, -0.2) is 0 Å². The van der Waals surface area contributed by atoms with E-state index in [4.69, 9.17) is 0 Å². The Morgan fingerprint density at radius 1 is 1.06 bits per heavy atom. The molecule has 0 radical (unpaired) electrons. The molecule has 1 aromatic carbocycles. The summed E-state index contributed by atoms with van der Waals surface area (Å²) in [6.45, 7) is 6.28. The SMILES string of the molecule is Cc1ccc(N=Cc2ccc(C)n2C)c(C)c1. The average Bonchev–Trinajstić information content (AvgIpc) is 2.59. The molecule has 1 aromatic heterocycles. The van der Waals surface area contributed by atoms with Gasteiger partial charge in [-0.05, 0) is 44.5 Å². The van der Waals surface area contributed by atoms with Crippen molar-refractivity contribution in [3.8, 4) is 0 Å². The van der Waals surface area contributed by atoms with Crippen molar-refractivity contribution < 1.29 is 0 Å². The second kappa shape index (κ2) is 4.58. The lowest BCUT2D eigenvalue weighted by atomic mass is 10.1. The second-order valence-electron chi connectivity index (χ2n) is 4.51. The van der Waals surface area contributed by atoms with E-state index in [1.807, 2.05) is 6.21 Å². The van der Waals surface area contributed by atoms with Crippen molar-refractivity contribution in [2.24, 2.45) is 12.0 Å². The van der Waals surface area contributed by atoms with Crippen LogP contribution in [0.15, 0.2) is 35.3 Å². The van der Waals surface area contributed by atoms with E-state index in [-0.39, 0.29) is 0 Å². The van der Waals surface area contributed by atoms with Gasteiger partial charge in [-0.15, -0.1) is 0 Å². The normalized spacial score (nSPS) is 11.3. The largest absolute Gasteiger partial charge is 0.347 e. The standard InChI is InChI=1S/C15H18N2/c1-11-5-8-15(12(2)9-11)16-10-14-7-6-13(3)17(14)4/h5-10H,1-4H3. The first-order valence-electron chi connectivity index (χ1n) is 5.81. The fourth-order valence-electron chi connectivity index (χ4n) is 1.85. The number of benzene rings is 1. The maximum Gasteiger partial charge on any atom is 0.0659 e. The molecule has 0 spiro atoms. The predicted molar refractivity (Wildman–Crippen MR) is 73.3 cm³/mol. The zero-order valence-electron chi connectivity index (χ0n) is 10.9. The van der Waals surface area contributed by atoms with E-state index in [1.54, 1.807) is 0 Å². The summed E-state index contributed by atoms with van der Waals surface area (Å²) < 4.78 is 2.13. The molecule has 0 aliphatic carbocycles. The van der Waals surface area contributed by atoms with Crippen LogP contribution in [0.5, 0.6) is 0 Å². The highest BCUT2D eigenvalue weighted by molar-refractivity contribution is 5.80. The highest BCUT2D eigenvalue weighted by atomic mass is 15.0. The van der Waals surface area contributed by atoms with Crippen molar-refractivity contribution in [2.45, 2.75) is 20.8 Å². The van der Waals surface area contributed by atoms with Crippen LogP contribution < -0.4 is 0 Å². The third kappa shape index (κ3) is 2.47. The number of aliphatic imine (C=N–C) groups is 1. The van der Waals surface area contributed by atoms with Crippen LogP contribution in [-0.2, 0) is 7.05 Å². The molecule has 88 valence electrons. The van der Waals surface area contributed by atoms with Crippen LogP contribution in [0.4, 0.5) is 5.69 Å². The first kappa shape index (κ1) is 11.6. The Labute approximate surface area is 103 Å². The molecule has 2 heteroatoms. The lowest BCUT2D eigenvalue weighted by molar-refractivity contribution is 0.874. The topological polar surface area (TPSA) is 17.3 Å². The van der Waals surface area contributed by atoms with E-state index >= 15 is 0 Å². The van der Waals surface area contributed by atoms with E-state index in [0.29, 0.717) is 0 Å². The molecule has 0 aliphatic rings. The molecule has 0 N–H and O–H groups in total. The van der Waals surface area contributed by atoms with Crippen LogP contribution in [0.1, 0.15) is 22.5 Å². The maximum absolute atomic E-state index is 4.55. The Morgan fingerprint density at radius 3 is 2.41 bits per heavy atom. The van der Waals surface area contributed by atoms with E-state index < -0.39 is 0 Å². The van der Waals surface area contributed by atoms with Gasteiger partial charge >= 0.3 is 0 Å². The van der Waals surface area contributed by atoms with Gasteiger partial charge in [0.1, 0.15) is 0 Å². The van der Waals surface area contributed by atoms with Crippen LogP contribution >= 0.6 is 0 Å². The van der Waals surface area contributed by atoms with Crippen molar-refractivity contribution in [3.05, 3.63) is 52.8 Å². The monoisotopic (exact) mass is 226 g/mol. The zero-order valence-corrected chi connectivity index (χ0v) is 10.9. The Kier molecular flexibility index (Phi) is 3.14. The predicted octanol–water partition coefficient (Wildman–Crippen LogP) is 3.70. The molecule has 2 rings (SSSR count). The second-order valence-corrected chi connectivity index (χ2v) is 4.51. The summed E-state index contributed by atoms with van der Waals surface area (Å²) in [5, 5.41) is 0. The third-order valence-corrected chi connectivity index (χ3v) is 3.10. The van der Waals surface area contributed by atoms with Crippen LogP contribution in [0.25, 0.3) is 0 Å². The number of aromatic nitrogens is 1. The van der Waals surface area contributed by atoms with Crippen LogP contribution in [-0.4, -0.2) is 10.8 Å². The molecule has 0 bridgehead atoms. The van der Waals surface area contributed by atoms with Crippen molar-refractivity contribution in [1.82, 2.24) is 4.57 Å². The molecule has 0 amide bonds. The first-order chi connectivity index (χ1) is 8.08. The van der Waals surface area contributed by atoms with Crippen molar-refractivity contribution in [2.75, 3.05) is 0 Å². The summed E-state index contributed by atoms with van der Waals surface area (Å²) in [5.74, 6) is 0. The van der Waals surface area contributed by atoms with Crippen molar-refractivity contribution >= 4 is 11.9 Å². The molecule has 0 fully saturated rings. The van der Waals surface area contributed by atoms with Gasteiger partial charge in [-0.1, -0.05) is 17.7 Å². The molecule has 0 unspecified atom stereocenters. The molecule has 1 heterocycles. The summed E-state index contributed by atoms with van der Waals surface area (Å²) >= 11 is 0. The molecule has 0 atom stereocenters. The smallest absolute Gasteiger partial charge is 0.0659 e. The molecule has 2 aromatic rings. The maximum atomic E-state index is 4.55. The Bertz CT molecular complexity index is 562. The molecule has 17 heavy (non-hydrogen) atoms. The van der Waals surface area contributed by atoms with Gasteiger partial charge in [0.25, 0.3) is 0 Å². The summed E-state index contributed by atoms with van der Waals surface area (Å²) in [4.78, 5) is 4.55.